The van der Waals surface area contributed by atoms with Crippen LogP contribution >= 0.6 is 0 Å². The number of hydrogen-bond acceptors (Lipinski definition) is 3. The maximum absolute atomic E-state index is 12.5. The average Bonchev–Trinajstić information content (AvgIpc) is 2.77. The Hall–Kier alpha value is -3.86. The first-order chi connectivity index (χ1) is 14.2. The first-order valence-corrected chi connectivity index (χ1v) is 9.28. The number of nitrogens with one attached hydrogen (secondary N) is 2. The molecule has 0 atom stereocenters. The van der Waals surface area contributed by atoms with Crippen LogP contribution in [0.5, 0.6) is 5.75 Å². The molecule has 0 aliphatic carbocycles. The lowest BCUT2D eigenvalue weighted by atomic mass is 10.0. The summed E-state index contributed by atoms with van der Waals surface area (Å²) in [5, 5.41) is 4.99. The van der Waals surface area contributed by atoms with Crippen LogP contribution in [0, 0.1) is 0 Å². The third-order valence-corrected chi connectivity index (χ3v) is 4.85. The van der Waals surface area contributed by atoms with Crippen molar-refractivity contribution in [2.45, 2.75) is 6.54 Å². The smallest absolute Gasteiger partial charge is 0.261 e. The van der Waals surface area contributed by atoms with Crippen LogP contribution in [-0.4, -0.2) is 18.0 Å². The van der Waals surface area contributed by atoms with Gasteiger partial charge in [0.15, 0.2) is 0 Å². The molecule has 0 fully saturated rings. The second-order valence-corrected chi connectivity index (χ2v) is 6.67. The molecular formula is C24H20N2O3. The average molecular weight is 384 g/mol. The molecule has 5 heteroatoms. The Balaban J connectivity index is 1.54. The summed E-state index contributed by atoms with van der Waals surface area (Å²) in [4.78, 5) is 27.8. The van der Waals surface area contributed by atoms with Crippen molar-refractivity contribution in [1.82, 2.24) is 10.3 Å². The molecule has 0 bridgehead atoms. The molecule has 0 spiro atoms. The van der Waals surface area contributed by atoms with Gasteiger partial charge in [0.25, 0.3) is 11.5 Å². The molecule has 0 aliphatic rings. The lowest BCUT2D eigenvalue weighted by molar-refractivity contribution is 0.0949. The van der Waals surface area contributed by atoms with Crippen LogP contribution in [0.15, 0.2) is 83.7 Å². The zero-order valence-corrected chi connectivity index (χ0v) is 15.9. The predicted octanol–water partition coefficient (Wildman–Crippen LogP) is 4.13. The summed E-state index contributed by atoms with van der Waals surface area (Å²) in [7, 11) is 1.58. The summed E-state index contributed by atoms with van der Waals surface area (Å²) < 4.78 is 5.28. The number of pyridine rings is 1. The van der Waals surface area contributed by atoms with Crippen LogP contribution in [0.1, 0.15) is 15.9 Å². The van der Waals surface area contributed by atoms with Crippen LogP contribution in [-0.2, 0) is 6.54 Å². The Morgan fingerprint density at radius 1 is 0.931 bits per heavy atom. The number of hydrogen-bond donors (Lipinski definition) is 2. The van der Waals surface area contributed by atoms with Gasteiger partial charge in [-0.2, -0.15) is 0 Å². The highest BCUT2D eigenvalue weighted by molar-refractivity contribution is 5.94. The quantitative estimate of drug-likeness (QED) is 0.543. The van der Waals surface area contributed by atoms with E-state index in [4.69, 9.17) is 4.74 Å². The van der Waals surface area contributed by atoms with Crippen LogP contribution in [0.25, 0.3) is 22.0 Å². The van der Waals surface area contributed by atoms with E-state index in [-0.39, 0.29) is 12.1 Å². The van der Waals surface area contributed by atoms with Gasteiger partial charge in [0.05, 0.1) is 7.11 Å². The molecule has 0 radical (unpaired) electrons. The van der Waals surface area contributed by atoms with E-state index in [1.165, 1.54) is 0 Å². The fourth-order valence-corrected chi connectivity index (χ4v) is 3.30. The normalized spacial score (nSPS) is 10.7. The van der Waals surface area contributed by atoms with Crippen molar-refractivity contribution in [2.75, 3.05) is 7.11 Å². The van der Waals surface area contributed by atoms with Crippen molar-refractivity contribution in [3.8, 4) is 17.0 Å². The minimum Gasteiger partial charge on any atom is -0.496 e. The van der Waals surface area contributed by atoms with Crippen molar-refractivity contribution in [2.24, 2.45) is 0 Å². The molecule has 4 rings (SSSR count). The summed E-state index contributed by atoms with van der Waals surface area (Å²) in [5.74, 6) is 0.260. The molecule has 0 saturated heterocycles. The van der Waals surface area contributed by atoms with E-state index in [1.807, 2.05) is 66.7 Å². The topological polar surface area (TPSA) is 71.2 Å². The molecule has 1 heterocycles. The maximum atomic E-state index is 12.5. The maximum Gasteiger partial charge on any atom is 0.261 e. The summed E-state index contributed by atoms with van der Waals surface area (Å²) in [6.07, 6.45) is 0. The number of aromatic nitrogens is 1. The molecular weight excluding hydrogens is 364 g/mol. The van der Waals surface area contributed by atoms with Crippen LogP contribution in [0.4, 0.5) is 0 Å². The fourth-order valence-electron chi connectivity index (χ4n) is 3.30. The van der Waals surface area contributed by atoms with Crippen LogP contribution < -0.4 is 15.6 Å². The number of rotatable bonds is 5. The van der Waals surface area contributed by atoms with Gasteiger partial charge < -0.3 is 15.0 Å². The summed E-state index contributed by atoms with van der Waals surface area (Å²) in [5.41, 5.74) is 2.05. The summed E-state index contributed by atoms with van der Waals surface area (Å²) in [6, 6.07) is 24.7. The molecule has 0 aliphatic heterocycles. The second-order valence-electron chi connectivity index (χ2n) is 6.67. The van der Waals surface area contributed by atoms with Gasteiger partial charge in [-0.3, -0.25) is 9.59 Å². The number of H-pyrrole nitrogens is 1. The zero-order chi connectivity index (χ0) is 20.2. The van der Waals surface area contributed by atoms with Gasteiger partial charge >= 0.3 is 0 Å². The Kier molecular flexibility index (Phi) is 5.12. The highest BCUT2D eigenvalue weighted by atomic mass is 16.5. The third-order valence-electron chi connectivity index (χ3n) is 4.85. The van der Waals surface area contributed by atoms with Crippen molar-refractivity contribution in [3.63, 3.8) is 0 Å². The fraction of sp³-hybridized carbons (Fsp3) is 0.0833. The standard InChI is InChI=1S/C24H20N2O3/c1-29-22-9-5-4-8-19(22)15-25-23(27)20-12-13-21(26-24(20)28)18-11-10-16-6-2-3-7-17(16)14-18/h2-14H,15H2,1H3,(H,25,27)(H,26,28). The highest BCUT2D eigenvalue weighted by Gasteiger charge is 2.12. The molecule has 1 aromatic heterocycles. The minimum absolute atomic E-state index is 0.0736. The molecule has 3 aromatic carbocycles. The molecule has 0 saturated carbocycles. The number of methoxy groups -OCH3 is 1. The van der Waals surface area contributed by atoms with E-state index in [0.717, 1.165) is 21.9 Å². The number of carbonyl (C=O) groups is 1. The molecule has 1 amide bonds. The summed E-state index contributed by atoms with van der Waals surface area (Å²) >= 11 is 0. The van der Waals surface area contributed by atoms with Crippen LogP contribution in [0.3, 0.4) is 0 Å². The third kappa shape index (κ3) is 3.89. The van der Waals surface area contributed by atoms with Gasteiger partial charge in [-0.15, -0.1) is 0 Å². The lowest BCUT2D eigenvalue weighted by Gasteiger charge is -2.10. The molecule has 4 aromatic rings. The highest BCUT2D eigenvalue weighted by Crippen LogP contribution is 2.22. The first-order valence-electron chi connectivity index (χ1n) is 9.28. The van der Waals surface area contributed by atoms with Gasteiger partial charge in [0, 0.05) is 17.8 Å². The SMILES string of the molecule is COc1ccccc1CNC(=O)c1ccc(-c2ccc3ccccc3c2)[nH]c1=O. The van der Waals surface area contributed by atoms with Gasteiger partial charge in [0.2, 0.25) is 0 Å². The van der Waals surface area contributed by atoms with E-state index in [1.54, 1.807) is 19.2 Å². The minimum atomic E-state index is -0.429. The van der Waals surface area contributed by atoms with Gasteiger partial charge in [-0.05, 0) is 40.6 Å². The number of amides is 1. The van der Waals surface area contributed by atoms with Gasteiger partial charge in [-0.25, -0.2) is 0 Å². The Morgan fingerprint density at radius 3 is 2.48 bits per heavy atom. The van der Waals surface area contributed by atoms with E-state index in [9.17, 15) is 9.59 Å². The second kappa shape index (κ2) is 8.02. The predicted molar refractivity (Wildman–Crippen MR) is 114 cm³/mol. The van der Waals surface area contributed by atoms with Gasteiger partial charge in [-0.1, -0.05) is 54.6 Å². The number of para-hydroxylation sites is 1. The van der Waals surface area contributed by atoms with E-state index in [0.29, 0.717) is 11.4 Å². The number of carbonyl (C=O) groups excluding carboxylic acids is 1. The molecule has 2 N–H and O–H groups in total. The number of benzene rings is 3. The van der Waals surface area contributed by atoms with E-state index in [2.05, 4.69) is 10.3 Å². The Bertz CT molecular complexity index is 1240. The number of ether oxygens (including phenoxy) is 1. The van der Waals surface area contributed by atoms with Crippen molar-refractivity contribution < 1.29 is 9.53 Å². The zero-order valence-electron chi connectivity index (χ0n) is 15.9. The van der Waals surface area contributed by atoms with Crippen molar-refractivity contribution in [1.29, 1.82) is 0 Å². The first kappa shape index (κ1) is 18.5. The monoisotopic (exact) mass is 384 g/mol. The van der Waals surface area contributed by atoms with Crippen LogP contribution in [0.2, 0.25) is 0 Å². The number of fused-ring (bicyclic) bond motifs is 1. The van der Waals surface area contributed by atoms with E-state index >= 15 is 0 Å². The lowest BCUT2D eigenvalue weighted by Crippen LogP contribution is -2.29. The molecule has 144 valence electrons. The van der Waals surface area contributed by atoms with Crippen molar-refractivity contribution >= 4 is 16.7 Å². The summed E-state index contributed by atoms with van der Waals surface area (Å²) in [6.45, 7) is 0.273. The van der Waals surface area contributed by atoms with Gasteiger partial charge in [0.1, 0.15) is 11.3 Å². The number of aromatic amines is 1. The van der Waals surface area contributed by atoms with Crippen molar-refractivity contribution in [3.05, 3.63) is 100 Å². The Morgan fingerprint density at radius 2 is 1.69 bits per heavy atom. The molecule has 0 unspecified atom stereocenters. The van der Waals surface area contributed by atoms with E-state index < -0.39 is 11.5 Å². The largest absolute Gasteiger partial charge is 0.496 e. The molecule has 5 nitrogen and oxygen atoms in total. The Labute approximate surface area is 168 Å². The molecule has 29 heavy (non-hydrogen) atoms.